The maximum absolute atomic E-state index is 5.15. The molecule has 1 aliphatic heterocycles. The van der Waals surface area contributed by atoms with Gasteiger partial charge in [-0.25, -0.2) is 0 Å². The van der Waals surface area contributed by atoms with Crippen LogP contribution in [0.5, 0.6) is 0 Å². The van der Waals surface area contributed by atoms with E-state index < -0.39 is 0 Å². The summed E-state index contributed by atoms with van der Waals surface area (Å²) in [5.74, 6) is 0. The lowest BCUT2D eigenvalue weighted by Crippen LogP contribution is -2.53. The molecule has 0 saturated carbocycles. The van der Waals surface area contributed by atoms with Gasteiger partial charge in [0, 0.05) is 19.3 Å². The van der Waals surface area contributed by atoms with Gasteiger partial charge in [-0.3, -0.25) is 15.2 Å². The Labute approximate surface area is 61.6 Å². The highest BCUT2D eigenvalue weighted by Gasteiger charge is 2.25. The molecule has 1 rings (SSSR count). The van der Waals surface area contributed by atoms with Gasteiger partial charge >= 0.3 is 0 Å². The van der Waals surface area contributed by atoms with E-state index in [1.54, 1.807) is 6.20 Å². The third kappa shape index (κ3) is 1.72. The summed E-state index contributed by atoms with van der Waals surface area (Å²) in [7, 11) is 0. The number of nitrogens with zero attached hydrogens (tertiary/aromatic N) is 1. The zero-order chi connectivity index (χ0) is 7.40. The van der Waals surface area contributed by atoms with Gasteiger partial charge < -0.3 is 0 Å². The van der Waals surface area contributed by atoms with E-state index in [9.17, 15) is 0 Å². The zero-order valence-corrected chi connectivity index (χ0v) is 6.34. The Morgan fingerprint density at radius 1 is 1.80 bits per heavy atom. The Balaban J connectivity index is 1.97. The second-order valence-electron chi connectivity index (χ2n) is 2.41. The molecule has 3 heteroatoms. The molecule has 0 aromatic rings. The molecule has 0 aromatic carbocycles. The van der Waals surface area contributed by atoms with E-state index in [1.165, 1.54) is 0 Å². The maximum Gasteiger partial charge on any atom is 0.111 e. The van der Waals surface area contributed by atoms with E-state index in [0.29, 0.717) is 6.10 Å². The first-order chi connectivity index (χ1) is 4.86. The third-order valence-electron chi connectivity index (χ3n) is 1.69. The van der Waals surface area contributed by atoms with E-state index in [-0.39, 0.29) is 0 Å². The van der Waals surface area contributed by atoms with Gasteiger partial charge in [-0.05, 0) is 6.54 Å². The predicted octanol–water partition coefficient (Wildman–Crippen LogP) is 0.355. The van der Waals surface area contributed by atoms with Crippen molar-refractivity contribution < 1.29 is 4.84 Å². The van der Waals surface area contributed by atoms with Crippen molar-refractivity contribution in [2.75, 3.05) is 19.6 Å². The molecule has 1 aliphatic rings. The summed E-state index contributed by atoms with van der Waals surface area (Å²) in [4.78, 5) is 7.46. The molecule has 10 heavy (non-hydrogen) atoms. The normalized spacial score (nSPS) is 20.1. The van der Waals surface area contributed by atoms with Crippen LogP contribution in [0, 0.1) is 0 Å². The molecule has 1 saturated heterocycles. The number of nitrogens with one attached hydrogen (secondary N) is 1. The summed E-state index contributed by atoms with van der Waals surface area (Å²) in [6.45, 7) is 8.83. The largest absolute Gasteiger partial charge is 0.298 e. The third-order valence-corrected chi connectivity index (χ3v) is 1.69. The van der Waals surface area contributed by atoms with Crippen LogP contribution in [0.25, 0.3) is 0 Å². The molecule has 0 aliphatic carbocycles. The Bertz CT molecular complexity index is 110. The second-order valence-corrected chi connectivity index (χ2v) is 2.41. The van der Waals surface area contributed by atoms with E-state index in [1.807, 2.05) is 0 Å². The van der Waals surface area contributed by atoms with Crippen LogP contribution in [0.2, 0.25) is 0 Å². The highest BCUT2D eigenvalue weighted by Crippen LogP contribution is 2.08. The summed E-state index contributed by atoms with van der Waals surface area (Å²) in [6, 6.07) is 0. The monoisotopic (exact) mass is 142 g/mol. The first kappa shape index (κ1) is 7.57. The Kier molecular flexibility index (Phi) is 2.71. The predicted molar refractivity (Wildman–Crippen MR) is 40.3 cm³/mol. The maximum atomic E-state index is 5.15. The molecule has 0 radical (unpaired) electrons. The molecule has 58 valence electrons. The van der Waals surface area contributed by atoms with Gasteiger partial charge in [-0.15, -0.1) is 0 Å². The molecule has 1 heterocycles. The number of hydroxylamine groups is 1. The lowest BCUT2D eigenvalue weighted by atomic mass is 10.2. The van der Waals surface area contributed by atoms with Crippen molar-refractivity contribution in [2.24, 2.45) is 0 Å². The van der Waals surface area contributed by atoms with Gasteiger partial charge in [-0.2, -0.15) is 0 Å². The van der Waals surface area contributed by atoms with Crippen LogP contribution >= 0.6 is 0 Å². The second kappa shape index (κ2) is 3.58. The topological polar surface area (TPSA) is 24.5 Å². The van der Waals surface area contributed by atoms with Gasteiger partial charge in [0.15, 0.2) is 0 Å². The van der Waals surface area contributed by atoms with Crippen molar-refractivity contribution in [1.29, 1.82) is 0 Å². The molecule has 0 aromatic heterocycles. The van der Waals surface area contributed by atoms with Crippen LogP contribution in [0.1, 0.15) is 6.92 Å². The summed E-state index contributed by atoms with van der Waals surface area (Å²) >= 11 is 0. The number of likely N-dealkylation sites (N-methyl/N-ethyl adjacent to an activating group) is 1. The quantitative estimate of drug-likeness (QED) is 0.573. The molecule has 0 unspecified atom stereocenters. The van der Waals surface area contributed by atoms with Crippen molar-refractivity contribution in [3.05, 3.63) is 12.8 Å². The summed E-state index contributed by atoms with van der Waals surface area (Å²) in [5, 5.41) is 0. The number of hydrogen-bond acceptors (Lipinski definition) is 3. The van der Waals surface area contributed by atoms with Crippen molar-refractivity contribution in [1.82, 2.24) is 10.4 Å². The van der Waals surface area contributed by atoms with Crippen molar-refractivity contribution in [3.8, 4) is 0 Å². The Hall–Kier alpha value is -0.540. The number of likely N-dealkylation sites (tertiary alicyclic amines) is 1. The van der Waals surface area contributed by atoms with Crippen LogP contribution < -0.4 is 5.48 Å². The average Bonchev–Trinajstić information content (AvgIpc) is 1.86. The van der Waals surface area contributed by atoms with Crippen LogP contribution in [-0.4, -0.2) is 30.6 Å². The SMILES string of the molecule is C=CNOC1CN(CC)C1. The Morgan fingerprint density at radius 2 is 2.50 bits per heavy atom. The first-order valence-corrected chi connectivity index (χ1v) is 3.61. The van der Waals surface area contributed by atoms with Gasteiger partial charge in [-0.1, -0.05) is 13.5 Å². The van der Waals surface area contributed by atoms with Gasteiger partial charge in [0.2, 0.25) is 0 Å². The lowest BCUT2D eigenvalue weighted by molar-refractivity contribution is -0.0859. The molecule has 0 bridgehead atoms. The minimum atomic E-state index is 0.359. The van der Waals surface area contributed by atoms with Gasteiger partial charge in [0.1, 0.15) is 6.10 Å². The lowest BCUT2D eigenvalue weighted by Gasteiger charge is -2.37. The van der Waals surface area contributed by atoms with Crippen LogP contribution in [-0.2, 0) is 4.84 Å². The van der Waals surface area contributed by atoms with E-state index in [4.69, 9.17) is 4.84 Å². The van der Waals surface area contributed by atoms with E-state index in [2.05, 4.69) is 23.9 Å². The molecular formula is C7H14N2O. The number of rotatable bonds is 4. The zero-order valence-electron chi connectivity index (χ0n) is 6.34. The highest BCUT2D eigenvalue weighted by atomic mass is 16.7. The average molecular weight is 142 g/mol. The van der Waals surface area contributed by atoms with Crippen molar-refractivity contribution in [3.63, 3.8) is 0 Å². The Morgan fingerprint density at radius 3 is 3.00 bits per heavy atom. The summed E-state index contributed by atoms with van der Waals surface area (Å²) < 4.78 is 0. The minimum absolute atomic E-state index is 0.359. The number of hydrogen-bond donors (Lipinski definition) is 1. The fraction of sp³-hybridized carbons (Fsp3) is 0.714. The minimum Gasteiger partial charge on any atom is -0.298 e. The molecule has 3 nitrogen and oxygen atoms in total. The van der Waals surface area contributed by atoms with Gasteiger partial charge in [0.05, 0.1) is 0 Å². The fourth-order valence-corrected chi connectivity index (χ4v) is 1.000. The smallest absolute Gasteiger partial charge is 0.111 e. The summed E-state index contributed by atoms with van der Waals surface area (Å²) in [5.41, 5.74) is 2.63. The van der Waals surface area contributed by atoms with Crippen molar-refractivity contribution in [2.45, 2.75) is 13.0 Å². The van der Waals surface area contributed by atoms with Gasteiger partial charge in [0.25, 0.3) is 0 Å². The standard InChI is InChI=1S/C7H14N2O/c1-3-8-10-7-5-9(4-2)6-7/h3,7-8H,1,4-6H2,2H3. The van der Waals surface area contributed by atoms with Crippen LogP contribution in [0.3, 0.4) is 0 Å². The van der Waals surface area contributed by atoms with Crippen LogP contribution in [0.15, 0.2) is 12.8 Å². The fourth-order valence-electron chi connectivity index (χ4n) is 1.000. The molecule has 0 atom stereocenters. The molecular weight excluding hydrogens is 128 g/mol. The van der Waals surface area contributed by atoms with E-state index in [0.717, 1.165) is 19.6 Å². The molecule has 0 amide bonds. The van der Waals surface area contributed by atoms with Crippen molar-refractivity contribution >= 4 is 0 Å². The first-order valence-electron chi connectivity index (χ1n) is 3.61. The highest BCUT2D eigenvalue weighted by molar-refractivity contribution is 4.79. The molecule has 1 fully saturated rings. The summed E-state index contributed by atoms with van der Waals surface area (Å²) in [6.07, 6.45) is 1.91. The van der Waals surface area contributed by atoms with E-state index >= 15 is 0 Å². The molecule has 0 spiro atoms. The molecule has 1 N–H and O–H groups in total. The van der Waals surface area contributed by atoms with Crippen LogP contribution in [0.4, 0.5) is 0 Å².